The highest BCUT2D eigenvalue weighted by Gasteiger charge is 2.33. The van der Waals surface area contributed by atoms with Crippen LogP contribution in [0.3, 0.4) is 0 Å². The van der Waals surface area contributed by atoms with Crippen molar-refractivity contribution in [2.75, 3.05) is 5.32 Å². The van der Waals surface area contributed by atoms with E-state index < -0.39 is 11.7 Å². The van der Waals surface area contributed by atoms with Crippen molar-refractivity contribution in [2.24, 2.45) is 7.05 Å². The Kier molecular flexibility index (Phi) is 3.79. The van der Waals surface area contributed by atoms with Gasteiger partial charge in [-0.2, -0.15) is 13.2 Å². The van der Waals surface area contributed by atoms with Gasteiger partial charge in [0.2, 0.25) is 0 Å². The minimum absolute atomic E-state index is 0.00451. The molecule has 0 spiro atoms. The van der Waals surface area contributed by atoms with Gasteiger partial charge in [0, 0.05) is 17.2 Å². The molecule has 102 valence electrons. The first-order valence-corrected chi connectivity index (χ1v) is 6.10. The van der Waals surface area contributed by atoms with Crippen LogP contribution in [0.15, 0.2) is 29.0 Å². The number of nitrogens with zero attached hydrogens (tertiary/aromatic N) is 3. The normalized spacial score (nSPS) is 11.6. The molecule has 0 aliphatic rings. The van der Waals surface area contributed by atoms with Crippen LogP contribution in [0, 0.1) is 0 Å². The molecule has 0 bridgehead atoms. The number of halogens is 4. The molecule has 0 aliphatic carbocycles. The van der Waals surface area contributed by atoms with Crippen molar-refractivity contribution in [3.8, 4) is 0 Å². The molecule has 0 amide bonds. The lowest BCUT2D eigenvalue weighted by Gasteiger charge is -2.14. The van der Waals surface area contributed by atoms with Gasteiger partial charge < -0.3 is 9.88 Å². The number of benzene rings is 1. The second-order valence-corrected chi connectivity index (χ2v) is 4.81. The second kappa shape index (κ2) is 5.20. The molecule has 0 unspecified atom stereocenters. The van der Waals surface area contributed by atoms with Crippen LogP contribution in [0.5, 0.6) is 0 Å². The largest absolute Gasteiger partial charge is 0.418 e. The average Bonchev–Trinajstić information content (AvgIpc) is 2.70. The molecule has 19 heavy (non-hydrogen) atoms. The van der Waals surface area contributed by atoms with Gasteiger partial charge in [0.15, 0.2) is 5.82 Å². The molecule has 0 saturated heterocycles. The van der Waals surface area contributed by atoms with E-state index in [1.165, 1.54) is 18.5 Å². The van der Waals surface area contributed by atoms with Crippen molar-refractivity contribution < 1.29 is 13.2 Å². The van der Waals surface area contributed by atoms with Crippen LogP contribution in [-0.4, -0.2) is 14.8 Å². The summed E-state index contributed by atoms with van der Waals surface area (Å²) in [6, 6.07) is 3.78. The molecule has 2 aromatic rings. The summed E-state index contributed by atoms with van der Waals surface area (Å²) in [5, 5.41) is 10.2. The molecule has 1 N–H and O–H groups in total. The predicted molar refractivity (Wildman–Crippen MR) is 67.5 cm³/mol. The van der Waals surface area contributed by atoms with Crippen molar-refractivity contribution in [3.63, 3.8) is 0 Å². The lowest BCUT2D eigenvalue weighted by Crippen LogP contribution is -2.12. The molecule has 2 rings (SSSR count). The van der Waals surface area contributed by atoms with Gasteiger partial charge in [-0.05, 0) is 18.2 Å². The highest BCUT2D eigenvalue weighted by Crippen LogP contribution is 2.36. The van der Waals surface area contributed by atoms with Gasteiger partial charge in [-0.15, -0.1) is 10.2 Å². The van der Waals surface area contributed by atoms with E-state index in [0.717, 1.165) is 6.07 Å². The Labute approximate surface area is 115 Å². The smallest absolute Gasteiger partial charge is 0.377 e. The third-order valence-electron chi connectivity index (χ3n) is 2.53. The van der Waals surface area contributed by atoms with E-state index in [2.05, 4.69) is 31.4 Å². The molecule has 0 fully saturated rings. The zero-order chi connectivity index (χ0) is 14.0. The van der Waals surface area contributed by atoms with E-state index in [1.807, 2.05) is 0 Å². The summed E-state index contributed by atoms with van der Waals surface area (Å²) >= 11 is 3.16. The maximum atomic E-state index is 12.8. The third-order valence-corrected chi connectivity index (χ3v) is 3.02. The number of anilines is 1. The maximum absolute atomic E-state index is 12.8. The summed E-state index contributed by atoms with van der Waals surface area (Å²) in [6.45, 7) is 0.163. The zero-order valence-corrected chi connectivity index (χ0v) is 11.5. The Bertz CT molecular complexity index is 580. The van der Waals surface area contributed by atoms with E-state index >= 15 is 0 Å². The standard InChI is InChI=1S/C11H10BrF3N4/c1-19-6-17-18-10(19)5-16-9-4-7(12)2-3-8(9)11(13,14)15/h2-4,6,16H,5H2,1H3. The van der Waals surface area contributed by atoms with Crippen molar-refractivity contribution in [3.05, 3.63) is 40.4 Å². The summed E-state index contributed by atoms with van der Waals surface area (Å²) in [5.41, 5.74) is -0.706. The molecule has 0 radical (unpaired) electrons. The molecular weight excluding hydrogens is 325 g/mol. The molecule has 0 aliphatic heterocycles. The second-order valence-electron chi connectivity index (χ2n) is 3.90. The fraction of sp³-hybridized carbons (Fsp3) is 0.273. The third kappa shape index (κ3) is 3.25. The predicted octanol–water partition coefficient (Wildman–Crippen LogP) is 3.21. The van der Waals surface area contributed by atoms with Gasteiger partial charge in [0.05, 0.1) is 12.1 Å². The molecule has 4 nitrogen and oxygen atoms in total. The Balaban J connectivity index is 2.24. The van der Waals surface area contributed by atoms with Crippen LogP contribution < -0.4 is 5.32 Å². The fourth-order valence-electron chi connectivity index (χ4n) is 1.55. The van der Waals surface area contributed by atoms with Crippen molar-refractivity contribution in [1.29, 1.82) is 0 Å². The first-order valence-electron chi connectivity index (χ1n) is 5.31. The summed E-state index contributed by atoms with van der Waals surface area (Å²) in [6.07, 6.45) is -2.91. The monoisotopic (exact) mass is 334 g/mol. The highest BCUT2D eigenvalue weighted by atomic mass is 79.9. The summed E-state index contributed by atoms with van der Waals surface area (Å²) < 4.78 is 40.7. The Hall–Kier alpha value is -1.57. The van der Waals surface area contributed by atoms with E-state index in [-0.39, 0.29) is 12.2 Å². The quantitative estimate of drug-likeness (QED) is 0.937. The van der Waals surface area contributed by atoms with Gasteiger partial charge in [-0.3, -0.25) is 0 Å². The minimum atomic E-state index is -4.40. The molecule has 0 atom stereocenters. The van der Waals surface area contributed by atoms with Gasteiger partial charge in [-0.25, -0.2) is 0 Å². The van der Waals surface area contributed by atoms with Gasteiger partial charge in [0.25, 0.3) is 0 Å². The van der Waals surface area contributed by atoms with Gasteiger partial charge in [-0.1, -0.05) is 15.9 Å². The van der Waals surface area contributed by atoms with Gasteiger partial charge >= 0.3 is 6.18 Å². The number of hydrogen-bond acceptors (Lipinski definition) is 3. The van der Waals surface area contributed by atoms with Crippen molar-refractivity contribution in [1.82, 2.24) is 14.8 Å². The maximum Gasteiger partial charge on any atom is 0.418 e. The van der Waals surface area contributed by atoms with Gasteiger partial charge in [0.1, 0.15) is 6.33 Å². The highest BCUT2D eigenvalue weighted by molar-refractivity contribution is 9.10. The van der Waals surface area contributed by atoms with Crippen LogP contribution in [-0.2, 0) is 19.8 Å². The number of aromatic nitrogens is 3. The summed E-state index contributed by atoms with van der Waals surface area (Å²) in [7, 11) is 1.72. The van der Waals surface area contributed by atoms with Crippen LogP contribution in [0.2, 0.25) is 0 Å². The molecule has 1 aromatic carbocycles. The summed E-state index contributed by atoms with van der Waals surface area (Å²) in [5.74, 6) is 0.549. The van der Waals surface area contributed by atoms with E-state index in [1.54, 1.807) is 11.6 Å². The lowest BCUT2D eigenvalue weighted by atomic mass is 10.1. The van der Waals surface area contributed by atoms with Crippen LogP contribution in [0.4, 0.5) is 18.9 Å². The Morgan fingerprint density at radius 1 is 1.37 bits per heavy atom. The molecule has 1 heterocycles. The molecule has 0 saturated carbocycles. The molecule has 1 aromatic heterocycles. The SMILES string of the molecule is Cn1cnnc1CNc1cc(Br)ccc1C(F)(F)F. The average molecular weight is 335 g/mol. The number of rotatable bonds is 3. The van der Waals surface area contributed by atoms with Crippen LogP contribution in [0.1, 0.15) is 11.4 Å². The Morgan fingerprint density at radius 3 is 2.68 bits per heavy atom. The van der Waals surface area contributed by atoms with Crippen molar-refractivity contribution in [2.45, 2.75) is 12.7 Å². The lowest BCUT2D eigenvalue weighted by molar-refractivity contribution is -0.137. The summed E-state index contributed by atoms with van der Waals surface area (Å²) in [4.78, 5) is 0. The fourth-order valence-corrected chi connectivity index (χ4v) is 1.91. The number of nitrogens with one attached hydrogen (secondary N) is 1. The first kappa shape index (κ1) is 13.9. The number of alkyl halides is 3. The van der Waals surface area contributed by atoms with Crippen LogP contribution in [0.25, 0.3) is 0 Å². The topological polar surface area (TPSA) is 42.7 Å². The van der Waals surface area contributed by atoms with Crippen molar-refractivity contribution >= 4 is 21.6 Å². The minimum Gasteiger partial charge on any atom is -0.377 e. The van der Waals surface area contributed by atoms with E-state index in [4.69, 9.17) is 0 Å². The van der Waals surface area contributed by atoms with Crippen LogP contribution >= 0.6 is 15.9 Å². The zero-order valence-electron chi connectivity index (χ0n) is 9.87. The molecular formula is C11H10BrF3N4. The van der Waals surface area contributed by atoms with E-state index in [0.29, 0.717) is 10.3 Å². The first-order chi connectivity index (χ1) is 8.88. The Morgan fingerprint density at radius 2 is 2.11 bits per heavy atom. The molecule has 8 heteroatoms. The number of hydrogen-bond donors (Lipinski definition) is 1. The van der Waals surface area contributed by atoms with E-state index in [9.17, 15) is 13.2 Å². The number of aryl methyl sites for hydroxylation is 1.